The van der Waals surface area contributed by atoms with E-state index in [4.69, 9.17) is 5.73 Å². The number of nitrogens with one attached hydrogen (secondary N) is 4. The van der Waals surface area contributed by atoms with E-state index in [1.165, 1.54) is 9.80 Å². The summed E-state index contributed by atoms with van der Waals surface area (Å²) >= 11 is 0. The highest BCUT2D eigenvalue weighted by molar-refractivity contribution is 6.37. The van der Waals surface area contributed by atoms with E-state index in [2.05, 4.69) is 21.3 Å². The van der Waals surface area contributed by atoms with Gasteiger partial charge in [0.2, 0.25) is 17.7 Å². The highest BCUT2D eigenvalue weighted by atomic mass is 16.2. The molecule has 39 heavy (non-hydrogen) atoms. The molecule has 2 rings (SSSR count). The van der Waals surface area contributed by atoms with Crippen LogP contribution < -0.4 is 27.0 Å². The summed E-state index contributed by atoms with van der Waals surface area (Å²) in [5.41, 5.74) is 4.47. The Kier molecular flexibility index (Phi) is 10.8. The third-order valence-corrected chi connectivity index (χ3v) is 7.35. The summed E-state index contributed by atoms with van der Waals surface area (Å²) in [5, 5.41) is 10.7. The summed E-state index contributed by atoms with van der Waals surface area (Å²) < 4.78 is 0. The molecule has 6 N–H and O–H groups in total. The number of carbonyl (C=O) groups is 6. The summed E-state index contributed by atoms with van der Waals surface area (Å²) in [5.74, 6) is -3.47. The van der Waals surface area contributed by atoms with Gasteiger partial charge in [0, 0.05) is 25.7 Å². The number of primary amides is 1. The Labute approximate surface area is 230 Å². The summed E-state index contributed by atoms with van der Waals surface area (Å²) in [4.78, 5) is 78.9. The Morgan fingerprint density at radius 2 is 1.67 bits per heavy atom. The number of ketones is 1. The smallest absolute Gasteiger partial charge is 0.315 e. The highest BCUT2D eigenvalue weighted by Crippen LogP contribution is 2.28. The van der Waals surface area contributed by atoms with E-state index >= 15 is 0 Å². The molecule has 0 aromatic heterocycles. The highest BCUT2D eigenvalue weighted by Gasteiger charge is 2.44. The molecule has 1 aliphatic heterocycles. The van der Waals surface area contributed by atoms with Crippen LogP contribution in [0.15, 0.2) is 0 Å². The van der Waals surface area contributed by atoms with Crippen LogP contribution in [0.25, 0.3) is 0 Å². The number of nitrogens with two attached hydrogens (primary N) is 1. The van der Waals surface area contributed by atoms with Gasteiger partial charge in [0.05, 0.1) is 6.54 Å². The molecule has 13 heteroatoms. The van der Waals surface area contributed by atoms with Gasteiger partial charge in [-0.3, -0.25) is 29.3 Å². The largest absolute Gasteiger partial charge is 0.363 e. The first-order valence-corrected chi connectivity index (χ1v) is 13.5. The zero-order valence-electron chi connectivity index (χ0n) is 24.1. The van der Waals surface area contributed by atoms with Crippen molar-refractivity contribution in [1.29, 1.82) is 0 Å². The Morgan fingerprint density at radius 3 is 2.15 bits per heavy atom. The van der Waals surface area contributed by atoms with Gasteiger partial charge >= 0.3 is 6.03 Å². The minimum absolute atomic E-state index is 0.0148. The van der Waals surface area contributed by atoms with Crippen LogP contribution in [0.3, 0.4) is 0 Å². The second-order valence-corrected chi connectivity index (χ2v) is 12.0. The summed E-state index contributed by atoms with van der Waals surface area (Å²) in [6.45, 7) is 11.0. The normalized spacial score (nSPS) is 21.0. The van der Waals surface area contributed by atoms with Gasteiger partial charge in [-0.1, -0.05) is 34.1 Å². The maximum Gasteiger partial charge on any atom is 0.315 e. The van der Waals surface area contributed by atoms with Crippen molar-refractivity contribution >= 4 is 35.4 Å². The molecule has 4 unspecified atom stereocenters. The van der Waals surface area contributed by atoms with Gasteiger partial charge in [-0.15, -0.1) is 0 Å². The molecule has 1 heterocycles. The second kappa shape index (κ2) is 13.2. The Bertz CT molecular complexity index is 959. The first-order valence-electron chi connectivity index (χ1n) is 13.5. The Hall–Kier alpha value is -3.22. The fraction of sp³-hybridized carbons (Fsp3) is 0.769. The average molecular weight is 552 g/mol. The molecule has 220 valence electrons. The molecular weight excluding hydrogens is 506 g/mol. The minimum atomic E-state index is -1.28. The lowest BCUT2D eigenvalue weighted by Crippen LogP contribution is -2.62. The Morgan fingerprint density at radius 1 is 1.05 bits per heavy atom. The van der Waals surface area contributed by atoms with E-state index in [0.717, 1.165) is 19.3 Å². The number of hydrogen-bond acceptors (Lipinski definition) is 7. The van der Waals surface area contributed by atoms with Gasteiger partial charge in [-0.25, -0.2) is 4.79 Å². The SMILES string of the molecule is CC1CC(C(=O)NC(NC2CCC2)C(=O)C(N)=O)N(C(=O)C(NC(=O)NCC(=O)N(C)C(C)C)C(C)(C)C)C1. The topological polar surface area (TPSA) is 183 Å². The van der Waals surface area contributed by atoms with Crippen LogP contribution in [0.1, 0.15) is 67.2 Å². The summed E-state index contributed by atoms with van der Waals surface area (Å²) in [6, 6.07) is -2.65. The lowest BCUT2D eigenvalue weighted by molar-refractivity contribution is -0.143. The number of likely N-dealkylation sites (N-methyl/N-ethyl adjacent to an activating group) is 1. The number of Topliss-reactive ketones (excluding diaryl/α,β-unsaturated/α-hetero) is 1. The van der Waals surface area contributed by atoms with E-state index in [9.17, 15) is 28.8 Å². The lowest BCUT2D eigenvalue weighted by atomic mass is 9.85. The number of likely N-dealkylation sites (tertiary alicyclic amines) is 1. The Balaban J connectivity index is 2.15. The average Bonchev–Trinajstić information content (AvgIpc) is 3.21. The van der Waals surface area contributed by atoms with Crippen LogP contribution in [0.5, 0.6) is 0 Å². The molecule has 0 aromatic carbocycles. The number of amides is 6. The molecule has 4 atom stereocenters. The first-order chi connectivity index (χ1) is 18.0. The molecule has 2 fully saturated rings. The van der Waals surface area contributed by atoms with Crippen LogP contribution in [-0.2, 0) is 24.0 Å². The van der Waals surface area contributed by atoms with Crippen molar-refractivity contribution in [1.82, 2.24) is 31.1 Å². The van der Waals surface area contributed by atoms with Crippen molar-refractivity contribution in [2.45, 2.75) is 97.6 Å². The molecule has 1 saturated heterocycles. The maximum atomic E-state index is 13.8. The first kappa shape index (κ1) is 32.0. The monoisotopic (exact) mass is 551 g/mol. The standard InChI is InChI=1S/C26H45N7O6/c1-14(2)32(7)18(34)12-28-25(39)30-20(26(4,5)6)24(38)33-13-15(3)11-17(33)23(37)31-22(19(35)21(27)36)29-16-9-8-10-16/h14-17,20,22,29H,8-13H2,1-7H3,(H2,27,36)(H,31,37)(H2,28,30,39). The van der Waals surface area contributed by atoms with Crippen molar-refractivity contribution < 1.29 is 28.8 Å². The number of urea groups is 1. The van der Waals surface area contributed by atoms with E-state index in [0.29, 0.717) is 6.42 Å². The minimum Gasteiger partial charge on any atom is -0.363 e. The molecule has 6 amide bonds. The van der Waals surface area contributed by atoms with E-state index in [-0.39, 0.29) is 37.0 Å². The van der Waals surface area contributed by atoms with Crippen LogP contribution in [0.4, 0.5) is 4.79 Å². The van der Waals surface area contributed by atoms with Gasteiger partial charge in [0.15, 0.2) is 0 Å². The number of carbonyl (C=O) groups excluding carboxylic acids is 6. The van der Waals surface area contributed by atoms with Gasteiger partial charge in [0.25, 0.3) is 11.7 Å². The van der Waals surface area contributed by atoms with Crippen molar-refractivity contribution in [3.63, 3.8) is 0 Å². The molecule has 0 bridgehead atoms. The van der Waals surface area contributed by atoms with Crippen molar-refractivity contribution in [3.05, 3.63) is 0 Å². The third kappa shape index (κ3) is 8.64. The van der Waals surface area contributed by atoms with Crippen molar-refractivity contribution in [3.8, 4) is 0 Å². The maximum absolute atomic E-state index is 13.8. The molecule has 0 spiro atoms. The predicted molar refractivity (Wildman–Crippen MR) is 144 cm³/mol. The summed E-state index contributed by atoms with van der Waals surface area (Å²) in [7, 11) is 1.64. The summed E-state index contributed by atoms with van der Waals surface area (Å²) in [6.07, 6.45) is 1.66. The van der Waals surface area contributed by atoms with Gasteiger partial charge in [-0.2, -0.15) is 0 Å². The fourth-order valence-electron chi connectivity index (χ4n) is 4.48. The molecule has 1 saturated carbocycles. The van der Waals surface area contributed by atoms with Gasteiger partial charge in [-0.05, 0) is 44.4 Å². The number of rotatable bonds is 11. The molecule has 1 aliphatic carbocycles. The van der Waals surface area contributed by atoms with Crippen LogP contribution in [-0.4, -0.2) is 95.7 Å². The second-order valence-electron chi connectivity index (χ2n) is 12.0. The lowest BCUT2D eigenvalue weighted by Gasteiger charge is -2.36. The quantitative estimate of drug-likeness (QED) is 0.168. The zero-order valence-corrected chi connectivity index (χ0v) is 24.1. The molecule has 0 radical (unpaired) electrons. The van der Waals surface area contributed by atoms with Crippen LogP contribution in [0.2, 0.25) is 0 Å². The molecule has 0 aromatic rings. The zero-order chi connectivity index (χ0) is 29.7. The number of nitrogens with zero attached hydrogens (tertiary/aromatic N) is 2. The fourth-order valence-corrected chi connectivity index (χ4v) is 4.48. The third-order valence-electron chi connectivity index (χ3n) is 7.35. The van der Waals surface area contributed by atoms with E-state index in [1.54, 1.807) is 27.8 Å². The molecule has 13 nitrogen and oxygen atoms in total. The van der Waals surface area contributed by atoms with Crippen molar-refractivity contribution in [2.24, 2.45) is 17.1 Å². The van der Waals surface area contributed by atoms with E-state index in [1.807, 2.05) is 20.8 Å². The number of hydrogen-bond donors (Lipinski definition) is 5. The van der Waals surface area contributed by atoms with Gasteiger partial charge in [0.1, 0.15) is 18.2 Å². The van der Waals surface area contributed by atoms with E-state index < -0.39 is 53.2 Å². The van der Waals surface area contributed by atoms with Crippen molar-refractivity contribution in [2.75, 3.05) is 20.1 Å². The van der Waals surface area contributed by atoms with Crippen LogP contribution >= 0.6 is 0 Å². The predicted octanol–water partition coefficient (Wildman–Crippen LogP) is -0.557. The van der Waals surface area contributed by atoms with Crippen LogP contribution in [0, 0.1) is 11.3 Å². The molecular formula is C26H45N7O6. The molecule has 2 aliphatic rings. The van der Waals surface area contributed by atoms with Gasteiger partial charge < -0.3 is 31.5 Å².